The SMILES string of the molecule is Oc1[nH]c2ccccc2c1C=Nc1cccc(Cl)c1Cl. The third-order valence-corrected chi connectivity index (χ3v) is 3.80. The van der Waals surface area contributed by atoms with Gasteiger partial charge >= 0.3 is 0 Å². The van der Waals surface area contributed by atoms with Crippen LogP contribution in [0.4, 0.5) is 5.69 Å². The second-order valence-corrected chi connectivity index (χ2v) is 5.05. The van der Waals surface area contributed by atoms with E-state index in [1.165, 1.54) is 0 Å². The molecule has 20 heavy (non-hydrogen) atoms. The summed E-state index contributed by atoms with van der Waals surface area (Å²) in [5, 5.41) is 11.7. The van der Waals surface area contributed by atoms with E-state index >= 15 is 0 Å². The molecule has 3 nitrogen and oxygen atoms in total. The lowest BCUT2D eigenvalue weighted by molar-refractivity contribution is 0.457. The van der Waals surface area contributed by atoms with Crippen LogP contribution in [-0.2, 0) is 0 Å². The van der Waals surface area contributed by atoms with E-state index in [9.17, 15) is 5.11 Å². The molecule has 0 saturated heterocycles. The van der Waals surface area contributed by atoms with Crippen LogP contribution in [0.5, 0.6) is 5.88 Å². The number of rotatable bonds is 2. The second kappa shape index (κ2) is 5.19. The Morgan fingerprint density at radius 1 is 1.05 bits per heavy atom. The van der Waals surface area contributed by atoms with Crippen molar-refractivity contribution in [2.75, 3.05) is 0 Å². The molecule has 100 valence electrons. The summed E-state index contributed by atoms with van der Waals surface area (Å²) in [5.41, 5.74) is 2.03. The van der Waals surface area contributed by atoms with Crippen molar-refractivity contribution in [3.63, 3.8) is 0 Å². The van der Waals surface area contributed by atoms with Gasteiger partial charge in [0, 0.05) is 17.1 Å². The summed E-state index contributed by atoms with van der Waals surface area (Å²) in [6.45, 7) is 0. The Bertz CT molecular complexity index is 809. The van der Waals surface area contributed by atoms with Gasteiger partial charge in [0.1, 0.15) is 0 Å². The van der Waals surface area contributed by atoms with Crippen molar-refractivity contribution in [3.8, 4) is 5.88 Å². The molecule has 0 atom stereocenters. The van der Waals surface area contributed by atoms with E-state index in [0.717, 1.165) is 10.9 Å². The van der Waals surface area contributed by atoms with Crippen molar-refractivity contribution in [2.45, 2.75) is 0 Å². The highest BCUT2D eigenvalue weighted by atomic mass is 35.5. The lowest BCUT2D eigenvalue weighted by atomic mass is 10.2. The summed E-state index contributed by atoms with van der Waals surface area (Å²) in [4.78, 5) is 7.19. The van der Waals surface area contributed by atoms with Crippen molar-refractivity contribution in [1.29, 1.82) is 0 Å². The standard InChI is InChI=1S/C15H10Cl2N2O/c16-11-5-3-7-13(14(11)17)18-8-10-9-4-1-2-6-12(9)19-15(10)20/h1-8,19-20H. The largest absolute Gasteiger partial charge is 0.494 e. The smallest absolute Gasteiger partial charge is 0.198 e. The third kappa shape index (κ3) is 2.26. The predicted octanol–water partition coefficient (Wildman–Crippen LogP) is 4.93. The number of nitrogens with one attached hydrogen (secondary N) is 1. The van der Waals surface area contributed by atoms with Crippen LogP contribution >= 0.6 is 23.2 Å². The summed E-state index contributed by atoms with van der Waals surface area (Å²) >= 11 is 12.0. The van der Waals surface area contributed by atoms with Crippen LogP contribution in [-0.4, -0.2) is 16.3 Å². The van der Waals surface area contributed by atoms with Gasteiger partial charge in [-0.15, -0.1) is 0 Å². The zero-order chi connectivity index (χ0) is 14.1. The highest BCUT2D eigenvalue weighted by Crippen LogP contribution is 2.32. The summed E-state index contributed by atoms with van der Waals surface area (Å²) in [7, 11) is 0. The maximum absolute atomic E-state index is 9.93. The Morgan fingerprint density at radius 2 is 1.85 bits per heavy atom. The molecule has 0 unspecified atom stereocenters. The minimum Gasteiger partial charge on any atom is -0.494 e. The quantitative estimate of drug-likeness (QED) is 0.648. The van der Waals surface area contributed by atoms with E-state index in [4.69, 9.17) is 23.2 Å². The molecule has 0 fully saturated rings. The molecule has 0 spiro atoms. The number of aromatic amines is 1. The predicted molar refractivity (Wildman–Crippen MR) is 83.7 cm³/mol. The molecule has 2 N–H and O–H groups in total. The van der Waals surface area contributed by atoms with E-state index in [-0.39, 0.29) is 5.88 Å². The number of para-hydroxylation sites is 1. The Morgan fingerprint density at radius 3 is 2.70 bits per heavy atom. The summed E-state index contributed by atoms with van der Waals surface area (Å²) in [6, 6.07) is 12.8. The maximum Gasteiger partial charge on any atom is 0.198 e. The fourth-order valence-corrected chi connectivity index (χ4v) is 2.35. The van der Waals surface area contributed by atoms with Crippen LogP contribution in [0.25, 0.3) is 10.9 Å². The van der Waals surface area contributed by atoms with Crippen molar-refractivity contribution in [1.82, 2.24) is 4.98 Å². The fourth-order valence-electron chi connectivity index (χ4n) is 2.01. The molecule has 0 aliphatic carbocycles. The first-order valence-electron chi connectivity index (χ1n) is 5.94. The van der Waals surface area contributed by atoms with Crippen LogP contribution in [0.2, 0.25) is 10.0 Å². The molecule has 2 aromatic carbocycles. The van der Waals surface area contributed by atoms with Crippen molar-refractivity contribution in [3.05, 3.63) is 58.1 Å². The minimum absolute atomic E-state index is 0.0769. The number of hydrogen-bond acceptors (Lipinski definition) is 2. The molecular formula is C15H10Cl2N2O. The molecular weight excluding hydrogens is 295 g/mol. The van der Waals surface area contributed by atoms with Crippen molar-refractivity contribution >= 4 is 46.0 Å². The average molecular weight is 305 g/mol. The van der Waals surface area contributed by atoms with Gasteiger partial charge < -0.3 is 10.1 Å². The normalized spacial score (nSPS) is 11.5. The Labute approximate surface area is 125 Å². The number of aromatic hydroxyl groups is 1. The van der Waals surface area contributed by atoms with E-state index < -0.39 is 0 Å². The Kier molecular flexibility index (Phi) is 3.38. The lowest BCUT2D eigenvalue weighted by Gasteiger charge is -1.99. The van der Waals surface area contributed by atoms with Crippen LogP contribution in [0.3, 0.4) is 0 Å². The minimum atomic E-state index is 0.0769. The highest BCUT2D eigenvalue weighted by Gasteiger charge is 2.08. The molecule has 0 radical (unpaired) electrons. The highest BCUT2D eigenvalue weighted by molar-refractivity contribution is 6.43. The van der Waals surface area contributed by atoms with Gasteiger partial charge in [0.25, 0.3) is 0 Å². The van der Waals surface area contributed by atoms with Gasteiger partial charge in [-0.05, 0) is 18.2 Å². The molecule has 0 amide bonds. The number of benzene rings is 2. The zero-order valence-corrected chi connectivity index (χ0v) is 11.8. The topological polar surface area (TPSA) is 48.4 Å². The molecule has 0 aliphatic rings. The zero-order valence-electron chi connectivity index (χ0n) is 10.3. The first kappa shape index (κ1) is 13.0. The average Bonchev–Trinajstić information content (AvgIpc) is 2.76. The van der Waals surface area contributed by atoms with Crippen molar-refractivity contribution < 1.29 is 5.11 Å². The van der Waals surface area contributed by atoms with Crippen LogP contribution in [0.15, 0.2) is 47.5 Å². The summed E-state index contributed by atoms with van der Waals surface area (Å²) < 4.78 is 0. The van der Waals surface area contributed by atoms with Gasteiger partial charge in [0.15, 0.2) is 5.88 Å². The molecule has 0 aliphatic heterocycles. The molecule has 1 heterocycles. The van der Waals surface area contributed by atoms with Gasteiger partial charge in [-0.3, -0.25) is 4.99 Å². The van der Waals surface area contributed by atoms with Gasteiger partial charge in [-0.25, -0.2) is 0 Å². The van der Waals surface area contributed by atoms with E-state index in [1.54, 1.807) is 24.4 Å². The number of hydrogen-bond donors (Lipinski definition) is 2. The van der Waals surface area contributed by atoms with E-state index in [2.05, 4.69) is 9.98 Å². The number of aromatic nitrogens is 1. The van der Waals surface area contributed by atoms with Gasteiger partial charge in [0.05, 0.1) is 21.3 Å². The van der Waals surface area contributed by atoms with Crippen molar-refractivity contribution in [2.24, 2.45) is 4.99 Å². The number of aliphatic imine (C=N–C) groups is 1. The number of halogens is 2. The maximum atomic E-state index is 9.93. The lowest BCUT2D eigenvalue weighted by Crippen LogP contribution is -1.79. The van der Waals surface area contributed by atoms with Gasteiger partial charge in [0.2, 0.25) is 0 Å². The molecule has 1 aromatic heterocycles. The molecule has 0 saturated carbocycles. The molecule has 0 bridgehead atoms. The Hall–Kier alpha value is -1.97. The molecule has 3 rings (SSSR count). The summed E-state index contributed by atoms with van der Waals surface area (Å²) in [6.07, 6.45) is 1.58. The monoisotopic (exact) mass is 304 g/mol. The van der Waals surface area contributed by atoms with E-state index in [1.807, 2.05) is 24.3 Å². The van der Waals surface area contributed by atoms with Gasteiger partial charge in [-0.2, -0.15) is 0 Å². The first-order valence-corrected chi connectivity index (χ1v) is 6.70. The van der Waals surface area contributed by atoms with Crippen LogP contribution in [0.1, 0.15) is 5.56 Å². The Balaban J connectivity index is 2.07. The number of nitrogens with zero attached hydrogens (tertiary/aromatic N) is 1. The fraction of sp³-hybridized carbons (Fsp3) is 0. The third-order valence-electron chi connectivity index (χ3n) is 2.99. The number of H-pyrrole nitrogens is 1. The first-order chi connectivity index (χ1) is 9.66. The molecule has 5 heteroatoms. The number of fused-ring (bicyclic) bond motifs is 1. The second-order valence-electron chi connectivity index (χ2n) is 4.26. The van der Waals surface area contributed by atoms with Crippen LogP contribution in [0, 0.1) is 0 Å². The van der Waals surface area contributed by atoms with Crippen LogP contribution < -0.4 is 0 Å². The molecule has 3 aromatic rings. The van der Waals surface area contributed by atoms with Gasteiger partial charge in [-0.1, -0.05) is 47.5 Å². The van der Waals surface area contributed by atoms with E-state index in [0.29, 0.717) is 21.3 Å². The summed E-state index contributed by atoms with van der Waals surface area (Å²) in [5.74, 6) is 0.0769.